The van der Waals surface area contributed by atoms with Crippen LogP contribution in [-0.2, 0) is 0 Å². The minimum atomic E-state index is -0.679. The molecule has 0 spiro atoms. The lowest BCUT2D eigenvalue weighted by atomic mass is 10.1. The normalized spacial score (nSPS) is 15.4. The molecule has 0 saturated heterocycles. The van der Waals surface area contributed by atoms with E-state index >= 15 is 0 Å². The van der Waals surface area contributed by atoms with E-state index in [0.29, 0.717) is 44.3 Å². The van der Waals surface area contributed by atoms with Gasteiger partial charge in [0.05, 0.1) is 88.4 Å². The van der Waals surface area contributed by atoms with Gasteiger partial charge in [-0.3, -0.25) is 9.13 Å². The molecular formula is C63H37N7O. The third-order valence-electron chi connectivity index (χ3n) is 13.6. The molecule has 8 nitrogen and oxygen atoms in total. The van der Waals surface area contributed by atoms with Crippen molar-refractivity contribution in [3.05, 3.63) is 224 Å². The van der Waals surface area contributed by atoms with Gasteiger partial charge in [-0.15, -0.1) is 0 Å². The van der Waals surface area contributed by atoms with Gasteiger partial charge in [0.2, 0.25) is 11.9 Å². The Hall–Kier alpha value is -9.79. The molecule has 0 atom stereocenters. The standard InChI is InChI=1S/C63H37N7O/c1-9-26-47-38(18-1)39-19-2-10-27-48(39)67(47)54-33-17-34-55(68-49-28-11-7-24-44(49)45-36-37-57-58(60(45)68)46-25-8-16-35-56(46)71-57)59(54)61-64-62(69-50-29-12-3-20-40(50)41-21-4-13-30-51(41)69)66-63(65-61)70-52-31-14-5-22-42(52)43-23-6-15-32-53(43)70/h1-37H/i1D,2D,3D,4D,9D,10D,12D,13D,18D,19D,20D,21D,26D,27D,29D,30D. The number of furan rings is 1. The van der Waals surface area contributed by atoms with Crippen LogP contribution in [-0.4, -0.2) is 33.2 Å². The van der Waals surface area contributed by atoms with Gasteiger partial charge in [0, 0.05) is 48.5 Å². The highest BCUT2D eigenvalue weighted by Crippen LogP contribution is 2.45. The van der Waals surface area contributed by atoms with E-state index in [2.05, 4.69) is 0 Å². The molecule has 0 amide bonds. The molecule has 16 aromatic rings. The summed E-state index contributed by atoms with van der Waals surface area (Å²) in [6, 6.07) is 29.3. The summed E-state index contributed by atoms with van der Waals surface area (Å²) in [5.41, 5.74) is 3.07. The average Bonchev–Trinajstić information content (AvgIpc) is 1.70. The van der Waals surface area contributed by atoms with Crippen LogP contribution in [0.25, 0.3) is 144 Å². The second-order valence-electron chi connectivity index (χ2n) is 17.2. The number of rotatable bonds is 5. The van der Waals surface area contributed by atoms with E-state index in [0.717, 1.165) is 26.9 Å². The maximum Gasteiger partial charge on any atom is 0.240 e. The van der Waals surface area contributed by atoms with Crippen molar-refractivity contribution in [3.8, 4) is 34.7 Å². The predicted octanol–water partition coefficient (Wildman–Crippen LogP) is 15.8. The Morgan fingerprint density at radius 3 is 1.32 bits per heavy atom. The van der Waals surface area contributed by atoms with Gasteiger partial charge >= 0.3 is 0 Å². The van der Waals surface area contributed by atoms with E-state index in [-0.39, 0.29) is 72.6 Å². The first kappa shape index (κ1) is 26.1. The highest BCUT2D eigenvalue weighted by molar-refractivity contribution is 6.25. The lowest BCUT2D eigenvalue weighted by Crippen LogP contribution is -2.12. The average molecular weight is 924 g/mol. The zero-order chi connectivity index (χ0) is 60.2. The van der Waals surface area contributed by atoms with Crippen LogP contribution in [0.2, 0.25) is 0 Å². The first-order chi connectivity index (χ1) is 41.9. The van der Waals surface area contributed by atoms with Crippen molar-refractivity contribution >= 4 is 109 Å². The molecule has 0 aliphatic carbocycles. The second-order valence-corrected chi connectivity index (χ2v) is 17.2. The Bertz CT molecular complexity index is 5670. The smallest absolute Gasteiger partial charge is 0.240 e. The van der Waals surface area contributed by atoms with E-state index in [9.17, 15) is 11.0 Å². The predicted molar refractivity (Wildman–Crippen MR) is 290 cm³/mol. The molecule has 0 aliphatic heterocycles. The summed E-state index contributed by atoms with van der Waals surface area (Å²) in [4.78, 5) is 16.0. The zero-order valence-electron chi connectivity index (χ0n) is 52.7. The summed E-state index contributed by atoms with van der Waals surface area (Å²) < 4.78 is 161. The van der Waals surface area contributed by atoms with Crippen molar-refractivity contribution < 1.29 is 26.3 Å². The van der Waals surface area contributed by atoms with Gasteiger partial charge < -0.3 is 13.6 Å². The largest absolute Gasteiger partial charge is 0.456 e. The summed E-state index contributed by atoms with van der Waals surface area (Å²) >= 11 is 0. The van der Waals surface area contributed by atoms with E-state index in [1.807, 2.05) is 114 Å². The fourth-order valence-electron chi connectivity index (χ4n) is 10.7. The molecule has 8 heteroatoms. The molecule has 6 aromatic heterocycles. The monoisotopic (exact) mass is 923 g/mol. The molecule has 71 heavy (non-hydrogen) atoms. The number of fused-ring (bicyclic) bond motifs is 16. The van der Waals surface area contributed by atoms with Crippen molar-refractivity contribution in [2.45, 2.75) is 0 Å². The molecule has 0 unspecified atom stereocenters. The van der Waals surface area contributed by atoms with Gasteiger partial charge in [-0.25, -0.2) is 0 Å². The molecule has 0 bridgehead atoms. The van der Waals surface area contributed by atoms with Gasteiger partial charge in [0.25, 0.3) is 0 Å². The van der Waals surface area contributed by atoms with Crippen LogP contribution in [0, 0.1) is 0 Å². The van der Waals surface area contributed by atoms with Crippen LogP contribution in [0.15, 0.2) is 228 Å². The van der Waals surface area contributed by atoms with Gasteiger partial charge in [-0.05, 0) is 72.7 Å². The van der Waals surface area contributed by atoms with Crippen LogP contribution in [0.1, 0.15) is 21.9 Å². The van der Waals surface area contributed by atoms with Crippen LogP contribution in [0.4, 0.5) is 0 Å². The molecule has 0 aliphatic rings. The summed E-state index contributed by atoms with van der Waals surface area (Å²) in [6.45, 7) is 0. The number of nitrogens with zero attached hydrogens (tertiary/aromatic N) is 7. The number of hydrogen-bond acceptors (Lipinski definition) is 4. The lowest BCUT2D eigenvalue weighted by Gasteiger charge is -2.20. The molecule has 10 aromatic carbocycles. The summed E-state index contributed by atoms with van der Waals surface area (Å²) in [5.74, 6) is -0.698. The first-order valence-corrected chi connectivity index (χ1v) is 22.6. The summed E-state index contributed by atoms with van der Waals surface area (Å²) in [7, 11) is 0. The third-order valence-corrected chi connectivity index (χ3v) is 13.6. The van der Waals surface area contributed by atoms with Crippen LogP contribution in [0.5, 0.6) is 0 Å². The van der Waals surface area contributed by atoms with Crippen molar-refractivity contribution in [2.75, 3.05) is 0 Å². The molecule has 0 saturated carbocycles. The van der Waals surface area contributed by atoms with Crippen molar-refractivity contribution in [2.24, 2.45) is 0 Å². The maximum absolute atomic E-state index is 9.72. The quantitative estimate of drug-likeness (QED) is 0.172. The van der Waals surface area contributed by atoms with Gasteiger partial charge in [0.15, 0.2) is 5.82 Å². The Labute approximate surface area is 426 Å². The number of para-hydroxylation sites is 8. The van der Waals surface area contributed by atoms with Gasteiger partial charge in [-0.1, -0.05) is 151 Å². The fraction of sp³-hybridized carbons (Fsp3) is 0. The molecule has 16 rings (SSSR count). The third kappa shape index (κ3) is 5.25. The summed E-state index contributed by atoms with van der Waals surface area (Å²) in [5, 5.41) is 3.78. The topological polar surface area (TPSA) is 71.5 Å². The van der Waals surface area contributed by atoms with E-state index in [4.69, 9.17) is 30.3 Å². The minimum Gasteiger partial charge on any atom is -0.456 e. The minimum absolute atomic E-state index is 0.0362. The van der Waals surface area contributed by atoms with Crippen molar-refractivity contribution in [3.63, 3.8) is 0 Å². The van der Waals surface area contributed by atoms with Crippen molar-refractivity contribution in [1.82, 2.24) is 33.2 Å². The molecular weight excluding hydrogens is 871 g/mol. The van der Waals surface area contributed by atoms with E-state index in [1.165, 1.54) is 9.13 Å². The Balaban J connectivity index is 1.18. The van der Waals surface area contributed by atoms with Crippen LogP contribution < -0.4 is 0 Å². The molecule has 0 N–H and O–H groups in total. The van der Waals surface area contributed by atoms with Gasteiger partial charge in [-0.2, -0.15) is 15.0 Å². The highest BCUT2D eigenvalue weighted by atomic mass is 16.3. The number of hydrogen-bond donors (Lipinski definition) is 0. The SMILES string of the molecule is [2H]c1c([2H])c([2H])c2c(c1[2H])c1c([2H])c([2H])c([2H])c([2H])c1n2-c1nc(-c2c(-n3c4c([2H])c([2H])c([2H])c([2H])c4c4c([2H])c([2H])c([2H])c([2H])c43)cccc2-n2c3ccccc3c3ccc4oc5ccccc5c4c32)nc(-n2c3ccccc3c3ccccc32)n1. The molecule has 0 fully saturated rings. The maximum atomic E-state index is 9.72. The van der Waals surface area contributed by atoms with Crippen LogP contribution >= 0.6 is 0 Å². The molecule has 6 heterocycles. The number of benzene rings is 10. The van der Waals surface area contributed by atoms with Gasteiger partial charge in [0.1, 0.15) is 11.2 Å². The fourth-order valence-corrected chi connectivity index (χ4v) is 10.7. The van der Waals surface area contributed by atoms with Crippen molar-refractivity contribution in [1.29, 1.82) is 0 Å². The second kappa shape index (κ2) is 14.4. The Kier molecular flexibility index (Phi) is 5.28. The Morgan fingerprint density at radius 1 is 0.324 bits per heavy atom. The first-order valence-electron chi connectivity index (χ1n) is 30.6. The molecule has 0 radical (unpaired) electrons. The number of aromatic nitrogens is 7. The van der Waals surface area contributed by atoms with Crippen LogP contribution in [0.3, 0.4) is 0 Å². The molecule has 330 valence electrons. The summed E-state index contributed by atoms with van der Waals surface area (Å²) in [6.07, 6.45) is 0. The van der Waals surface area contributed by atoms with E-state index in [1.54, 1.807) is 22.8 Å². The lowest BCUT2D eigenvalue weighted by molar-refractivity contribution is 0.669. The van der Waals surface area contributed by atoms with E-state index < -0.39 is 96.7 Å². The zero-order valence-corrected chi connectivity index (χ0v) is 36.7. The Morgan fingerprint density at radius 2 is 0.761 bits per heavy atom. The highest BCUT2D eigenvalue weighted by Gasteiger charge is 2.28.